The zero-order chi connectivity index (χ0) is 22.4. The molecule has 12 heteroatoms. The molecule has 3 rings (SSSR count). The van der Waals surface area contributed by atoms with Crippen molar-refractivity contribution < 1.29 is 27.5 Å². The molecular formula is C19H16F3N5O3S. The van der Waals surface area contributed by atoms with Gasteiger partial charge in [0, 0.05) is 5.69 Å². The van der Waals surface area contributed by atoms with Gasteiger partial charge in [-0.15, -0.1) is 10.2 Å². The van der Waals surface area contributed by atoms with Crippen molar-refractivity contribution in [1.82, 2.24) is 15.5 Å². The molecule has 3 amide bonds. The smallest absolute Gasteiger partial charge is 0.418 e. The van der Waals surface area contributed by atoms with E-state index in [4.69, 9.17) is 4.74 Å². The van der Waals surface area contributed by atoms with Crippen LogP contribution < -0.4 is 20.7 Å². The van der Waals surface area contributed by atoms with Gasteiger partial charge in [0.2, 0.25) is 5.01 Å². The minimum absolute atomic E-state index is 0.0652. The lowest BCUT2D eigenvalue weighted by molar-refractivity contribution is -0.136. The largest absolute Gasteiger partial charge is 0.497 e. The number of hydrogen-bond acceptors (Lipinski definition) is 6. The second-order valence-corrected chi connectivity index (χ2v) is 7.10. The van der Waals surface area contributed by atoms with Gasteiger partial charge in [-0.3, -0.25) is 4.79 Å². The zero-order valence-electron chi connectivity index (χ0n) is 16.0. The molecule has 2 aromatic carbocycles. The van der Waals surface area contributed by atoms with Crippen LogP contribution in [-0.4, -0.2) is 29.2 Å². The van der Waals surface area contributed by atoms with E-state index < -0.39 is 23.7 Å². The molecule has 3 aromatic rings. The number of nitrogens with zero attached hydrogens (tertiary/aromatic N) is 2. The van der Waals surface area contributed by atoms with Crippen molar-refractivity contribution in [2.24, 2.45) is 0 Å². The molecule has 0 fully saturated rings. The molecule has 162 valence electrons. The van der Waals surface area contributed by atoms with Crippen molar-refractivity contribution in [3.05, 3.63) is 64.1 Å². The molecule has 0 unspecified atom stereocenters. The minimum Gasteiger partial charge on any atom is -0.497 e. The minimum atomic E-state index is -4.60. The van der Waals surface area contributed by atoms with Gasteiger partial charge < -0.3 is 20.7 Å². The van der Waals surface area contributed by atoms with Crippen molar-refractivity contribution in [1.29, 1.82) is 0 Å². The fourth-order valence-corrected chi connectivity index (χ4v) is 3.11. The average Bonchev–Trinajstić information content (AvgIpc) is 3.22. The van der Waals surface area contributed by atoms with Crippen LogP contribution in [0.1, 0.15) is 20.4 Å². The van der Waals surface area contributed by atoms with Gasteiger partial charge in [0.25, 0.3) is 5.91 Å². The summed E-state index contributed by atoms with van der Waals surface area (Å²) in [5.74, 6) is 0.149. The molecule has 1 heterocycles. The zero-order valence-corrected chi connectivity index (χ0v) is 16.8. The Hall–Kier alpha value is -3.67. The Bertz CT molecular complexity index is 1070. The maximum absolute atomic E-state index is 13.0. The van der Waals surface area contributed by atoms with Crippen LogP contribution in [0.3, 0.4) is 0 Å². The number of methoxy groups -OCH3 is 1. The predicted molar refractivity (Wildman–Crippen MR) is 108 cm³/mol. The van der Waals surface area contributed by atoms with E-state index in [0.717, 1.165) is 23.5 Å². The van der Waals surface area contributed by atoms with E-state index in [1.165, 1.54) is 19.2 Å². The maximum atomic E-state index is 13.0. The normalized spacial score (nSPS) is 11.0. The quantitative estimate of drug-likeness (QED) is 0.523. The van der Waals surface area contributed by atoms with Crippen LogP contribution in [0.25, 0.3) is 0 Å². The molecule has 1 aromatic heterocycles. The molecule has 0 saturated carbocycles. The average molecular weight is 451 g/mol. The Kier molecular flexibility index (Phi) is 6.70. The molecule has 0 spiro atoms. The first kappa shape index (κ1) is 22.0. The van der Waals surface area contributed by atoms with Crippen LogP contribution in [0, 0.1) is 0 Å². The highest BCUT2D eigenvalue weighted by Crippen LogP contribution is 2.34. The number of halogens is 3. The van der Waals surface area contributed by atoms with E-state index in [1.807, 2.05) is 0 Å². The molecule has 31 heavy (non-hydrogen) atoms. The number of carbonyl (C=O) groups is 2. The number of ether oxygens (including phenoxy) is 1. The van der Waals surface area contributed by atoms with Gasteiger partial charge in [0.1, 0.15) is 10.8 Å². The Morgan fingerprint density at radius 2 is 1.74 bits per heavy atom. The van der Waals surface area contributed by atoms with Gasteiger partial charge in [-0.05, 0) is 36.4 Å². The maximum Gasteiger partial charge on any atom is 0.418 e. The Morgan fingerprint density at radius 3 is 2.42 bits per heavy atom. The Morgan fingerprint density at radius 1 is 1.03 bits per heavy atom. The van der Waals surface area contributed by atoms with E-state index in [9.17, 15) is 22.8 Å². The van der Waals surface area contributed by atoms with E-state index in [2.05, 4.69) is 26.1 Å². The highest BCUT2D eigenvalue weighted by atomic mass is 32.1. The summed E-state index contributed by atoms with van der Waals surface area (Å²) in [5, 5.41) is 15.1. The first-order valence-corrected chi connectivity index (χ1v) is 9.57. The molecule has 8 nitrogen and oxygen atoms in total. The third kappa shape index (κ3) is 5.92. The van der Waals surface area contributed by atoms with Gasteiger partial charge in [-0.2, -0.15) is 13.2 Å². The SMILES string of the molecule is COc1ccc(NC(=O)c2nnc(CNC(=O)Nc3ccccc3C(F)(F)F)s2)cc1. The van der Waals surface area contributed by atoms with Crippen LogP contribution in [0.5, 0.6) is 5.75 Å². The van der Waals surface area contributed by atoms with Crippen molar-refractivity contribution in [2.45, 2.75) is 12.7 Å². The van der Waals surface area contributed by atoms with Crippen molar-refractivity contribution in [3.63, 3.8) is 0 Å². The van der Waals surface area contributed by atoms with E-state index in [1.54, 1.807) is 24.3 Å². The van der Waals surface area contributed by atoms with Crippen LogP contribution in [0.2, 0.25) is 0 Å². The highest BCUT2D eigenvalue weighted by Gasteiger charge is 2.33. The summed E-state index contributed by atoms with van der Waals surface area (Å²) in [6.45, 7) is -0.118. The molecule has 0 atom stereocenters. The van der Waals surface area contributed by atoms with E-state index >= 15 is 0 Å². The summed E-state index contributed by atoms with van der Waals surface area (Å²) in [6, 6.07) is 10.4. The Balaban J connectivity index is 1.55. The highest BCUT2D eigenvalue weighted by molar-refractivity contribution is 7.13. The second kappa shape index (κ2) is 9.43. The summed E-state index contributed by atoms with van der Waals surface area (Å²) < 4.78 is 44.0. The number of rotatable bonds is 6. The topological polar surface area (TPSA) is 105 Å². The molecule has 0 radical (unpaired) electrons. The van der Waals surface area contributed by atoms with Gasteiger partial charge in [-0.25, -0.2) is 4.79 Å². The van der Waals surface area contributed by atoms with Crippen LogP contribution in [0.4, 0.5) is 29.3 Å². The fraction of sp³-hybridized carbons (Fsp3) is 0.158. The third-order valence-corrected chi connectivity index (χ3v) is 4.81. The lowest BCUT2D eigenvalue weighted by Crippen LogP contribution is -2.29. The van der Waals surface area contributed by atoms with Gasteiger partial charge in [-0.1, -0.05) is 23.5 Å². The molecule has 0 bridgehead atoms. The summed E-state index contributed by atoms with van der Waals surface area (Å²) in [5.41, 5.74) is -0.800. The number of aromatic nitrogens is 2. The number of amides is 3. The summed E-state index contributed by atoms with van der Waals surface area (Å²) >= 11 is 0.942. The molecule has 0 saturated heterocycles. The first-order valence-electron chi connectivity index (χ1n) is 8.75. The summed E-state index contributed by atoms with van der Waals surface area (Å²) in [6.07, 6.45) is -4.60. The number of benzene rings is 2. The van der Waals surface area contributed by atoms with Crippen LogP contribution in [-0.2, 0) is 12.7 Å². The monoisotopic (exact) mass is 451 g/mol. The Labute approximate surface area is 178 Å². The van der Waals surface area contributed by atoms with E-state index in [0.29, 0.717) is 16.4 Å². The predicted octanol–water partition coefficient (Wildman–Crippen LogP) is 4.14. The third-order valence-electron chi connectivity index (χ3n) is 3.89. The van der Waals surface area contributed by atoms with Crippen molar-refractivity contribution in [3.8, 4) is 5.75 Å². The van der Waals surface area contributed by atoms with Crippen LogP contribution in [0.15, 0.2) is 48.5 Å². The van der Waals surface area contributed by atoms with E-state index in [-0.39, 0.29) is 17.2 Å². The van der Waals surface area contributed by atoms with Gasteiger partial charge >= 0.3 is 12.2 Å². The number of anilines is 2. The molecule has 3 N–H and O–H groups in total. The fourth-order valence-electron chi connectivity index (χ4n) is 2.44. The molecular weight excluding hydrogens is 435 g/mol. The number of urea groups is 1. The number of alkyl halides is 3. The number of nitrogens with one attached hydrogen (secondary N) is 3. The van der Waals surface area contributed by atoms with Gasteiger partial charge in [0.15, 0.2) is 0 Å². The molecule has 0 aliphatic rings. The number of hydrogen-bond donors (Lipinski definition) is 3. The number of para-hydroxylation sites is 1. The summed E-state index contributed by atoms with van der Waals surface area (Å²) in [7, 11) is 1.53. The second-order valence-electron chi connectivity index (χ2n) is 6.03. The number of carbonyl (C=O) groups excluding carboxylic acids is 2. The van der Waals surface area contributed by atoms with Crippen molar-refractivity contribution in [2.75, 3.05) is 17.7 Å². The lowest BCUT2D eigenvalue weighted by atomic mass is 10.1. The molecule has 0 aliphatic heterocycles. The lowest BCUT2D eigenvalue weighted by Gasteiger charge is -2.13. The first-order chi connectivity index (χ1) is 14.8. The standard InChI is InChI=1S/C19H16F3N5O3S/c1-30-12-8-6-11(7-9-12)24-16(28)17-27-26-15(31-17)10-23-18(29)25-14-5-3-2-4-13(14)19(20,21)22/h2-9H,10H2,1H3,(H,24,28)(H2,23,25,29). The summed E-state index contributed by atoms with van der Waals surface area (Å²) in [4.78, 5) is 24.2. The van der Waals surface area contributed by atoms with Gasteiger partial charge in [0.05, 0.1) is 24.9 Å². The van der Waals surface area contributed by atoms with Crippen LogP contribution >= 0.6 is 11.3 Å². The van der Waals surface area contributed by atoms with Crippen molar-refractivity contribution >= 4 is 34.6 Å². The molecule has 0 aliphatic carbocycles.